The third-order valence-corrected chi connectivity index (χ3v) is 5.43. The van der Waals surface area contributed by atoms with Gasteiger partial charge in [0.2, 0.25) is 5.91 Å². The monoisotopic (exact) mass is 514 g/mol. The third-order valence-electron chi connectivity index (χ3n) is 4.90. The summed E-state index contributed by atoms with van der Waals surface area (Å²) in [5.74, 6) is -0.618. The van der Waals surface area contributed by atoms with E-state index in [1.165, 1.54) is 24.3 Å². The summed E-state index contributed by atoms with van der Waals surface area (Å²) in [6.45, 7) is -0.496. The molecule has 1 saturated carbocycles. The van der Waals surface area contributed by atoms with Gasteiger partial charge in [-0.15, -0.1) is 0 Å². The standard InChI is InChI=1S/C21H15Cl2F3N4O4/c22-12-3-4-18(16(23)5-12)34-15-7-13(6-14(8-15)30(32)33)27-20(31)10-29-17(11-1-2-11)9-19(28-29)21(24,25)26/h3-9,11H,1-2,10H2,(H,27,31). The summed E-state index contributed by atoms with van der Waals surface area (Å²) in [6.07, 6.45) is -3.21. The second kappa shape index (κ2) is 9.15. The first-order valence-corrected chi connectivity index (χ1v) is 10.6. The molecule has 0 saturated heterocycles. The number of carbonyl (C=O) groups excluding carboxylic acids is 1. The van der Waals surface area contributed by atoms with Crippen LogP contribution in [0.5, 0.6) is 11.5 Å². The molecule has 1 aliphatic carbocycles. The van der Waals surface area contributed by atoms with Gasteiger partial charge in [-0.25, -0.2) is 0 Å². The zero-order chi connectivity index (χ0) is 24.6. The van der Waals surface area contributed by atoms with Gasteiger partial charge in [0.05, 0.1) is 21.7 Å². The molecule has 8 nitrogen and oxygen atoms in total. The first-order valence-electron chi connectivity index (χ1n) is 9.87. The van der Waals surface area contributed by atoms with Crippen LogP contribution in [0.1, 0.15) is 30.1 Å². The molecule has 1 aromatic heterocycles. The Hall–Kier alpha value is -3.31. The van der Waals surface area contributed by atoms with Gasteiger partial charge in [0.25, 0.3) is 5.69 Å². The van der Waals surface area contributed by atoms with Gasteiger partial charge >= 0.3 is 6.18 Å². The lowest BCUT2D eigenvalue weighted by molar-refractivity contribution is -0.384. The zero-order valence-corrected chi connectivity index (χ0v) is 18.6. The number of nitrogens with zero attached hydrogens (tertiary/aromatic N) is 3. The van der Waals surface area contributed by atoms with Crippen LogP contribution in [-0.4, -0.2) is 20.6 Å². The van der Waals surface area contributed by atoms with Crippen LogP contribution < -0.4 is 10.1 Å². The lowest BCUT2D eigenvalue weighted by Crippen LogP contribution is -2.21. The van der Waals surface area contributed by atoms with Crippen molar-refractivity contribution in [1.82, 2.24) is 9.78 Å². The molecule has 1 aliphatic rings. The molecule has 3 aromatic rings. The van der Waals surface area contributed by atoms with E-state index >= 15 is 0 Å². The van der Waals surface area contributed by atoms with Crippen LogP contribution in [0.4, 0.5) is 24.5 Å². The number of carbonyl (C=O) groups is 1. The number of rotatable bonds is 7. The Labute approximate surface area is 200 Å². The normalized spacial score (nSPS) is 13.6. The minimum Gasteiger partial charge on any atom is -0.455 e. The lowest BCUT2D eigenvalue weighted by atomic mass is 10.2. The molecule has 0 spiro atoms. The summed E-state index contributed by atoms with van der Waals surface area (Å²) >= 11 is 11.9. The molecule has 0 aliphatic heterocycles. The van der Waals surface area contributed by atoms with Gasteiger partial charge in [0.15, 0.2) is 5.69 Å². The summed E-state index contributed by atoms with van der Waals surface area (Å²) in [5, 5.41) is 17.9. The van der Waals surface area contributed by atoms with Crippen molar-refractivity contribution >= 4 is 40.5 Å². The Bertz CT molecular complexity index is 1280. The SMILES string of the molecule is O=C(Cn1nc(C(F)(F)F)cc1C1CC1)Nc1cc(Oc2ccc(Cl)cc2Cl)cc([N+](=O)[O-])c1. The number of non-ortho nitro benzene ring substituents is 1. The van der Waals surface area contributed by atoms with Crippen molar-refractivity contribution in [1.29, 1.82) is 0 Å². The fraction of sp³-hybridized carbons (Fsp3) is 0.238. The highest BCUT2D eigenvalue weighted by Gasteiger charge is 2.38. The maximum atomic E-state index is 13.1. The molecule has 0 atom stereocenters. The number of nitrogens with one attached hydrogen (secondary N) is 1. The number of nitro groups is 1. The van der Waals surface area contributed by atoms with E-state index in [9.17, 15) is 28.1 Å². The Balaban J connectivity index is 1.56. The van der Waals surface area contributed by atoms with Gasteiger partial charge in [-0.05, 0) is 37.1 Å². The van der Waals surface area contributed by atoms with Crippen molar-refractivity contribution in [2.75, 3.05) is 5.32 Å². The number of hydrogen-bond donors (Lipinski definition) is 1. The van der Waals surface area contributed by atoms with E-state index in [2.05, 4.69) is 10.4 Å². The average molecular weight is 515 g/mol. The number of amides is 1. The van der Waals surface area contributed by atoms with Crippen LogP contribution in [0.3, 0.4) is 0 Å². The second-order valence-electron chi connectivity index (χ2n) is 7.58. The largest absolute Gasteiger partial charge is 0.455 e. The molecular formula is C21H15Cl2F3N4O4. The minimum atomic E-state index is -4.64. The maximum absolute atomic E-state index is 13.1. The molecule has 178 valence electrons. The number of anilines is 1. The Kier molecular flexibility index (Phi) is 6.41. The molecule has 1 amide bonds. The lowest BCUT2D eigenvalue weighted by Gasteiger charge is -2.11. The average Bonchev–Trinajstić information content (AvgIpc) is 3.49. The first kappa shape index (κ1) is 23.8. The summed E-state index contributed by atoms with van der Waals surface area (Å²) in [6, 6.07) is 8.91. The van der Waals surface area contributed by atoms with Crippen molar-refractivity contribution in [3.63, 3.8) is 0 Å². The van der Waals surface area contributed by atoms with E-state index in [0.717, 1.165) is 22.9 Å². The van der Waals surface area contributed by atoms with Gasteiger partial charge in [-0.2, -0.15) is 18.3 Å². The number of hydrogen-bond acceptors (Lipinski definition) is 5. The number of alkyl halides is 3. The number of aromatic nitrogens is 2. The molecular weight excluding hydrogens is 500 g/mol. The van der Waals surface area contributed by atoms with E-state index in [1.807, 2.05) is 0 Å². The molecule has 0 radical (unpaired) electrons. The van der Waals surface area contributed by atoms with Gasteiger partial charge in [0, 0.05) is 28.8 Å². The summed E-state index contributed by atoms with van der Waals surface area (Å²) in [7, 11) is 0. The molecule has 2 aromatic carbocycles. The maximum Gasteiger partial charge on any atom is 0.435 e. The van der Waals surface area contributed by atoms with E-state index < -0.39 is 29.2 Å². The fourth-order valence-electron chi connectivity index (χ4n) is 3.25. The van der Waals surface area contributed by atoms with Gasteiger partial charge in [-0.3, -0.25) is 19.6 Å². The van der Waals surface area contributed by atoms with Crippen molar-refractivity contribution in [3.05, 3.63) is 74.0 Å². The number of nitro benzene ring substituents is 1. The summed E-state index contributed by atoms with van der Waals surface area (Å²) in [5.41, 5.74) is -1.12. The number of halogens is 5. The molecule has 1 N–H and O–H groups in total. The van der Waals surface area contributed by atoms with Crippen molar-refractivity contribution in [2.45, 2.75) is 31.5 Å². The molecule has 1 heterocycles. The molecule has 13 heteroatoms. The van der Waals surface area contributed by atoms with E-state index in [4.69, 9.17) is 27.9 Å². The highest BCUT2D eigenvalue weighted by molar-refractivity contribution is 6.35. The fourth-order valence-corrected chi connectivity index (χ4v) is 3.69. The van der Waals surface area contributed by atoms with Crippen LogP contribution in [0.15, 0.2) is 42.5 Å². The Morgan fingerprint density at radius 3 is 2.56 bits per heavy atom. The highest BCUT2D eigenvalue weighted by Crippen LogP contribution is 2.42. The van der Waals surface area contributed by atoms with Gasteiger partial charge < -0.3 is 10.1 Å². The van der Waals surface area contributed by atoms with E-state index in [-0.39, 0.29) is 33.8 Å². The summed E-state index contributed by atoms with van der Waals surface area (Å²) < 4.78 is 45.8. The van der Waals surface area contributed by atoms with Crippen LogP contribution in [-0.2, 0) is 17.5 Å². The third kappa shape index (κ3) is 5.60. The van der Waals surface area contributed by atoms with E-state index in [0.29, 0.717) is 23.6 Å². The molecule has 1 fully saturated rings. The quantitative estimate of drug-likeness (QED) is 0.289. The first-order chi connectivity index (χ1) is 16.0. The van der Waals surface area contributed by atoms with Crippen molar-refractivity contribution < 1.29 is 27.6 Å². The van der Waals surface area contributed by atoms with Crippen LogP contribution >= 0.6 is 23.2 Å². The molecule has 34 heavy (non-hydrogen) atoms. The second-order valence-corrected chi connectivity index (χ2v) is 8.43. The van der Waals surface area contributed by atoms with Crippen LogP contribution in [0.2, 0.25) is 10.0 Å². The predicted molar refractivity (Wildman–Crippen MR) is 117 cm³/mol. The number of benzene rings is 2. The number of ether oxygens (including phenoxy) is 1. The van der Waals surface area contributed by atoms with Crippen molar-refractivity contribution in [2.24, 2.45) is 0 Å². The summed E-state index contributed by atoms with van der Waals surface area (Å²) in [4.78, 5) is 23.2. The van der Waals surface area contributed by atoms with Crippen LogP contribution in [0, 0.1) is 10.1 Å². The molecule has 0 unspecified atom stereocenters. The van der Waals surface area contributed by atoms with E-state index in [1.54, 1.807) is 0 Å². The topological polar surface area (TPSA) is 99.3 Å². The predicted octanol–water partition coefficient (Wildman–Crippen LogP) is 6.43. The smallest absolute Gasteiger partial charge is 0.435 e. The zero-order valence-electron chi connectivity index (χ0n) is 17.1. The van der Waals surface area contributed by atoms with Crippen molar-refractivity contribution in [3.8, 4) is 11.5 Å². The molecule has 4 rings (SSSR count). The Morgan fingerprint density at radius 2 is 1.94 bits per heavy atom. The van der Waals surface area contributed by atoms with Gasteiger partial charge in [0.1, 0.15) is 18.0 Å². The minimum absolute atomic E-state index is 0.00541. The van der Waals surface area contributed by atoms with Crippen LogP contribution in [0.25, 0.3) is 0 Å². The highest BCUT2D eigenvalue weighted by atomic mass is 35.5. The van der Waals surface area contributed by atoms with Gasteiger partial charge in [-0.1, -0.05) is 23.2 Å². The molecule has 0 bridgehead atoms. The Morgan fingerprint density at radius 1 is 1.21 bits per heavy atom.